The van der Waals surface area contributed by atoms with E-state index in [4.69, 9.17) is 21.1 Å². The van der Waals surface area contributed by atoms with Gasteiger partial charge in [0.2, 0.25) is 5.91 Å². The van der Waals surface area contributed by atoms with Crippen molar-refractivity contribution in [3.05, 3.63) is 70.2 Å². The maximum absolute atomic E-state index is 13.2. The van der Waals surface area contributed by atoms with Crippen LogP contribution in [-0.4, -0.2) is 60.8 Å². The van der Waals surface area contributed by atoms with Crippen LogP contribution in [0.5, 0.6) is 11.5 Å². The van der Waals surface area contributed by atoms with Gasteiger partial charge in [0.25, 0.3) is 0 Å². The first-order valence-corrected chi connectivity index (χ1v) is 12.5. The summed E-state index contributed by atoms with van der Waals surface area (Å²) in [6.07, 6.45) is 1.63. The highest BCUT2D eigenvalue weighted by Crippen LogP contribution is 2.38. The SMILES string of the molecule is CC(=O)Nc1ccnc(N2CCOCC2)c1Oc1cccc(-n2c(=O)nc(N(C)C)c3ccc(Cl)cc32)c1. The number of ether oxygens (including phenoxy) is 2. The minimum Gasteiger partial charge on any atom is -0.451 e. The molecule has 0 bridgehead atoms. The Morgan fingerprint density at radius 3 is 2.66 bits per heavy atom. The summed E-state index contributed by atoms with van der Waals surface area (Å²) in [5.41, 5.74) is 1.21. The fourth-order valence-electron chi connectivity index (χ4n) is 4.40. The largest absolute Gasteiger partial charge is 0.451 e. The molecule has 0 saturated carbocycles. The van der Waals surface area contributed by atoms with Crippen molar-refractivity contribution >= 4 is 45.7 Å². The number of nitrogens with zero attached hydrogens (tertiary/aromatic N) is 5. The molecule has 1 aliphatic rings. The first-order valence-electron chi connectivity index (χ1n) is 12.1. The van der Waals surface area contributed by atoms with Gasteiger partial charge in [0.1, 0.15) is 11.6 Å². The number of hydrogen-bond acceptors (Lipinski definition) is 8. The van der Waals surface area contributed by atoms with Gasteiger partial charge in [-0.3, -0.25) is 9.36 Å². The van der Waals surface area contributed by atoms with E-state index in [1.165, 1.54) is 11.5 Å². The van der Waals surface area contributed by atoms with Crippen LogP contribution in [0.25, 0.3) is 16.6 Å². The van der Waals surface area contributed by atoms with Crippen LogP contribution in [-0.2, 0) is 9.53 Å². The summed E-state index contributed by atoms with van der Waals surface area (Å²) in [4.78, 5) is 37.9. The van der Waals surface area contributed by atoms with E-state index in [0.29, 0.717) is 71.4 Å². The first kappa shape index (κ1) is 25.5. The van der Waals surface area contributed by atoms with Crippen molar-refractivity contribution in [2.45, 2.75) is 6.92 Å². The molecule has 11 heteroatoms. The number of fused-ring (bicyclic) bond motifs is 1. The Morgan fingerprint density at radius 1 is 1.13 bits per heavy atom. The van der Waals surface area contributed by atoms with Crippen LogP contribution in [0.1, 0.15) is 6.92 Å². The third-order valence-corrected chi connectivity index (χ3v) is 6.30. The molecular weight excluding hydrogens is 508 g/mol. The lowest BCUT2D eigenvalue weighted by atomic mass is 10.2. The van der Waals surface area contributed by atoms with Crippen molar-refractivity contribution in [3.63, 3.8) is 0 Å². The number of aromatic nitrogens is 3. The number of anilines is 3. The molecule has 0 aliphatic carbocycles. The summed E-state index contributed by atoms with van der Waals surface area (Å²) in [6.45, 7) is 3.84. The Bertz CT molecular complexity index is 1570. The van der Waals surface area contributed by atoms with Gasteiger partial charge in [0.05, 0.1) is 30.1 Å². The molecule has 38 heavy (non-hydrogen) atoms. The van der Waals surface area contributed by atoms with Gasteiger partial charge in [-0.15, -0.1) is 0 Å². The summed E-state index contributed by atoms with van der Waals surface area (Å²) < 4.78 is 13.4. The van der Waals surface area contributed by atoms with Crippen LogP contribution >= 0.6 is 11.6 Å². The molecule has 0 unspecified atom stereocenters. The summed E-state index contributed by atoms with van der Waals surface area (Å²) in [5.74, 6) is 1.77. The molecule has 4 aromatic rings. The maximum Gasteiger partial charge on any atom is 0.354 e. The number of benzene rings is 2. The van der Waals surface area contributed by atoms with E-state index in [2.05, 4.69) is 20.2 Å². The van der Waals surface area contributed by atoms with Gasteiger partial charge >= 0.3 is 5.69 Å². The normalized spacial score (nSPS) is 13.4. The van der Waals surface area contributed by atoms with Crippen molar-refractivity contribution in [2.75, 3.05) is 55.5 Å². The zero-order chi connectivity index (χ0) is 26.8. The van der Waals surface area contributed by atoms with Gasteiger partial charge in [-0.25, -0.2) is 9.78 Å². The molecule has 5 rings (SSSR count). The molecule has 196 valence electrons. The Labute approximate surface area is 224 Å². The number of rotatable bonds is 6. The van der Waals surface area contributed by atoms with Crippen molar-refractivity contribution in [3.8, 4) is 17.2 Å². The zero-order valence-electron chi connectivity index (χ0n) is 21.3. The highest BCUT2D eigenvalue weighted by Gasteiger charge is 2.22. The van der Waals surface area contributed by atoms with Crippen molar-refractivity contribution < 1.29 is 14.3 Å². The summed E-state index contributed by atoms with van der Waals surface area (Å²) in [7, 11) is 3.67. The second-order valence-corrected chi connectivity index (χ2v) is 9.44. The predicted molar refractivity (Wildman–Crippen MR) is 148 cm³/mol. The van der Waals surface area contributed by atoms with Crippen LogP contribution in [0.3, 0.4) is 0 Å². The fourth-order valence-corrected chi connectivity index (χ4v) is 4.57. The summed E-state index contributed by atoms with van der Waals surface area (Å²) in [6, 6.07) is 14.2. The van der Waals surface area contributed by atoms with Crippen LogP contribution in [0.15, 0.2) is 59.5 Å². The molecular formula is C27H27ClN6O4. The minimum absolute atomic E-state index is 0.232. The molecule has 2 aromatic carbocycles. The number of carbonyl (C=O) groups is 1. The van der Waals surface area contributed by atoms with Crippen LogP contribution in [0, 0.1) is 0 Å². The minimum atomic E-state index is -0.449. The van der Waals surface area contributed by atoms with Crippen LogP contribution in [0.2, 0.25) is 5.02 Å². The zero-order valence-corrected chi connectivity index (χ0v) is 22.0. The average molecular weight is 535 g/mol. The highest BCUT2D eigenvalue weighted by molar-refractivity contribution is 6.31. The molecule has 0 spiro atoms. The van der Waals surface area contributed by atoms with Gasteiger partial charge in [-0.1, -0.05) is 17.7 Å². The van der Waals surface area contributed by atoms with E-state index in [1.54, 1.807) is 53.6 Å². The molecule has 0 radical (unpaired) electrons. The molecule has 1 aliphatic heterocycles. The maximum atomic E-state index is 13.2. The van der Waals surface area contributed by atoms with Crippen molar-refractivity contribution in [1.82, 2.24) is 14.5 Å². The van der Waals surface area contributed by atoms with E-state index >= 15 is 0 Å². The van der Waals surface area contributed by atoms with Gasteiger partial charge < -0.3 is 24.6 Å². The molecule has 10 nitrogen and oxygen atoms in total. The lowest BCUT2D eigenvalue weighted by Gasteiger charge is -2.29. The molecule has 2 aromatic heterocycles. The van der Waals surface area contributed by atoms with Gasteiger partial charge in [0.15, 0.2) is 11.6 Å². The number of hydrogen-bond donors (Lipinski definition) is 1. The van der Waals surface area contributed by atoms with E-state index < -0.39 is 5.69 Å². The standard InChI is InChI=1S/C27H27ClN6O4/c1-17(35)30-22-9-10-29-26(33-11-13-37-14-12-33)24(22)38-20-6-4-5-19(16-20)34-23-15-18(28)7-8-21(23)25(32(2)3)31-27(34)36/h4-10,15-16H,11-14H2,1-3H3,(H,29,30,35). The Hall–Kier alpha value is -4.15. The predicted octanol–water partition coefficient (Wildman–Crippen LogP) is 4.09. The highest BCUT2D eigenvalue weighted by atomic mass is 35.5. The van der Waals surface area contributed by atoms with E-state index in [9.17, 15) is 9.59 Å². The van der Waals surface area contributed by atoms with Gasteiger partial charge in [0, 0.05) is 56.8 Å². The van der Waals surface area contributed by atoms with Crippen molar-refractivity contribution in [1.29, 1.82) is 0 Å². The van der Waals surface area contributed by atoms with E-state index in [1.807, 2.05) is 20.2 Å². The molecule has 0 atom stereocenters. The second kappa shape index (κ2) is 10.7. The third kappa shape index (κ3) is 5.13. The van der Waals surface area contributed by atoms with Crippen LogP contribution < -0.4 is 25.5 Å². The topological polar surface area (TPSA) is 102 Å². The number of halogens is 1. The van der Waals surface area contributed by atoms with Gasteiger partial charge in [-0.05, 0) is 36.4 Å². The molecule has 1 saturated heterocycles. The number of pyridine rings is 1. The average Bonchev–Trinajstić information content (AvgIpc) is 2.89. The van der Waals surface area contributed by atoms with E-state index in [-0.39, 0.29) is 5.91 Å². The number of morpholine rings is 1. The van der Waals surface area contributed by atoms with Crippen LogP contribution in [0.4, 0.5) is 17.3 Å². The number of carbonyl (C=O) groups excluding carboxylic acids is 1. The third-order valence-electron chi connectivity index (χ3n) is 6.06. The Morgan fingerprint density at radius 2 is 1.92 bits per heavy atom. The lowest BCUT2D eigenvalue weighted by Crippen LogP contribution is -2.37. The van der Waals surface area contributed by atoms with Crippen molar-refractivity contribution in [2.24, 2.45) is 0 Å². The molecule has 1 N–H and O–H groups in total. The molecule has 1 amide bonds. The lowest BCUT2D eigenvalue weighted by molar-refractivity contribution is -0.114. The Kier molecular flexibility index (Phi) is 7.17. The molecule has 1 fully saturated rings. The molecule has 3 heterocycles. The fraction of sp³-hybridized carbons (Fsp3) is 0.259. The van der Waals surface area contributed by atoms with Gasteiger partial charge in [-0.2, -0.15) is 4.98 Å². The summed E-state index contributed by atoms with van der Waals surface area (Å²) in [5, 5.41) is 4.11. The second-order valence-electron chi connectivity index (χ2n) is 9.00. The summed E-state index contributed by atoms with van der Waals surface area (Å²) >= 11 is 6.32. The Balaban J connectivity index is 1.61. The first-order chi connectivity index (χ1) is 18.3. The number of amides is 1. The smallest absolute Gasteiger partial charge is 0.354 e. The van der Waals surface area contributed by atoms with E-state index in [0.717, 1.165) is 5.39 Å². The number of nitrogens with one attached hydrogen (secondary N) is 1. The quantitative estimate of drug-likeness (QED) is 0.395. The monoisotopic (exact) mass is 534 g/mol.